The van der Waals surface area contributed by atoms with Gasteiger partial charge in [-0.05, 0) is 26.7 Å². The maximum absolute atomic E-state index is 12.2. The predicted octanol–water partition coefficient (Wildman–Crippen LogP) is 0.358. The van der Waals surface area contributed by atoms with Gasteiger partial charge < -0.3 is 20.0 Å². The molecule has 0 bridgehead atoms. The number of urea groups is 1. The zero-order valence-corrected chi connectivity index (χ0v) is 10.3. The van der Waals surface area contributed by atoms with E-state index in [0.717, 1.165) is 0 Å². The number of carboxylic acid groups (broad SMARTS) is 1. The van der Waals surface area contributed by atoms with Crippen LogP contribution in [-0.2, 0) is 4.79 Å². The maximum atomic E-state index is 12.2. The van der Waals surface area contributed by atoms with E-state index in [0.29, 0.717) is 19.4 Å². The fourth-order valence-corrected chi connectivity index (χ4v) is 2.10. The molecular weight excluding hydrogens is 224 g/mol. The summed E-state index contributed by atoms with van der Waals surface area (Å²) in [5, 5.41) is 17.9. The number of aliphatic hydroxyl groups excluding tert-OH is 1. The number of hydrogen-bond donors (Lipinski definition) is 2. The Morgan fingerprint density at radius 1 is 1.47 bits per heavy atom. The number of carbonyl (C=O) groups is 2. The Morgan fingerprint density at radius 2 is 2.12 bits per heavy atom. The molecule has 0 aliphatic carbocycles. The Hall–Kier alpha value is -1.30. The minimum Gasteiger partial charge on any atom is -0.480 e. The number of amides is 2. The largest absolute Gasteiger partial charge is 0.480 e. The van der Waals surface area contributed by atoms with Gasteiger partial charge in [-0.2, -0.15) is 0 Å². The van der Waals surface area contributed by atoms with Crippen LogP contribution in [0, 0.1) is 0 Å². The van der Waals surface area contributed by atoms with Gasteiger partial charge in [0, 0.05) is 19.1 Å². The third kappa shape index (κ3) is 3.09. The SMILES string of the molecule is CC(C)N(CCO)C(=O)N1CCC[C@@H]1C(=O)O. The Labute approximate surface area is 101 Å². The van der Waals surface area contributed by atoms with E-state index in [-0.39, 0.29) is 25.2 Å². The molecule has 1 fully saturated rings. The Kier molecular flexibility index (Phi) is 4.74. The first-order valence-electron chi connectivity index (χ1n) is 5.90. The summed E-state index contributed by atoms with van der Waals surface area (Å²) < 4.78 is 0. The van der Waals surface area contributed by atoms with Gasteiger partial charge in [-0.25, -0.2) is 9.59 Å². The average molecular weight is 244 g/mol. The molecular formula is C11H20N2O4. The lowest BCUT2D eigenvalue weighted by molar-refractivity contribution is -0.141. The second-order valence-corrected chi connectivity index (χ2v) is 4.48. The molecule has 2 amide bonds. The van der Waals surface area contributed by atoms with Crippen molar-refractivity contribution in [1.82, 2.24) is 9.80 Å². The van der Waals surface area contributed by atoms with Gasteiger partial charge in [-0.1, -0.05) is 0 Å². The van der Waals surface area contributed by atoms with Crippen molar-refractivity contribution < 1.29 is 19.8 Å². The van der Waals surface area contributed by atoms with Crippen molar-refractivity contribution >= 4 is 12.0 Å². The molecule has 0 aromatic rings. The molecule has 0 aromatic heterocycles. The standard InChI is InChI=1S/C11H20N2O4/c1-8(2)12(6-7-14)11(17)13-5-3-4-9(13)10(15)16/h8-9,14H,3-7H2,1-2H3,(H,15,16)/t9-/m1/s1. The van der Waals surface area contributed by atoms with E-state index in [1.165, 1.54) is 9.80 Å². The smallest absolute Gasteiger partial charge is 0.326 e. The van der Waals surface area contributed by atoms with Crippen LogP contribution in [0.2, 0.25) is 0 Å². The van der Waals surface area contributed by atoms with Crippen molar-refractivity contribution in [3.8, 4) is 0 Å². The molecule has 1 heterocycles. The first kappa shape index (κ1) is 13.8. The summed E-state index contributed by atoms with van der Waals surface area (Å²) in [5.41, 5.74) is 0. The van der Waals surface area contributed by atoms with Crippen LogP contribution in [-0.4, -0.2) is 63.8 Å². The Balaban J connectivity index is 2.75. The Morgan fingerprint density at radius 3 is 2.59 bits per heavy atom. The van der Waals surface area contributed by atoms with E-state index in [1.54, 1.807) is 0 Å². The first-order valence-corrected chi connectivity index (χ1v) is 5.90. The second kappa shape index (κ2) is 5.86. The van der Waals surface area contributed by atoms with Crippen molar-refractivity contribution in [3.63, 3.8) is 0 Å². The summed E-state index contributed by atoms with van der Waals surface area (Å²) in [6, 6.07) is -1.06. The van der Waals surface area contributed by atoms with Crippen LogP contribution in [0.5, 0.6) is 0 Å². The number of hydrogen-bond acceptors (Lipinski definition) is 3. The molecule has 0 unspecified atom stereocenters. The van der Waals surface area contributed by atoms with Crippen LogP contribution >= 0.6 is 0 Å². The minimum atomic E-state index is -0.955. The van der Waals surface area contributed by atoms with Gasteiger partial charge in [-0.15, -0.1) is 0 Å². The highest BCUT2D eigenvalue weighted by Crippen LogP contribution is 2.20. The van der Waals surface area contributed by atoms with Gasteiger partial charge >= 0.3 is 12.0 Å². The monoisotopic (exact) mass is 244 g/mol. The topological polar surface area (TPSA) is 81.1 Å². The molecule has 0 radical (unpaired) electrons. The van der Waals surface area contributed by atoms with Crippen LogP contribution in [0.25, 0.3) is 0 Å². The van der Waals surface area contributed by atoms with Crippen molar-refractivity contribution in [1.29, 1.82) is 0 Å². The molecule has 0 saturated carbocycles. The van der Waals surface area contributed by atoms with E-state index in [4.69, 9.17) is 10.2 Å². The molecule has 6 heteroatoms. The predicted molar refractivity (Wildman–Crippen MR) is 61.7 cm³/mol. The molecule has 2 N–H and O–H groups in total. The second-order valence-electron chi connectivity index (χ2n) is 4.48. The van der Waals surface area contributed by atoms with E-state index in [9.17, 15) is 9.59 Å². The number of carbonyl (C=O) groups excluding carboxylic acids is 1. The van der Waals surface area contributed by atoms with Gasteiger partial charge in [0.2, 0.25) is 0 Å². The zero-order chi connectivity index (χ0) is 13.0. The van der Waals surface area contributed by atoms with Crippen molar-refractivity contribution in [2.75, 3.05) is 19.7 Å². The highest BCUT2D eigenvalue weighted by Gasteiger charge is 2.36. The highest BCUT2D eigenvalue weighted by molar-refractivity contribution is 5.83. The lowest BCUT2D eigenvalue weighted by Gasteiger charge is -2.32. The molecule has 1 saturated heterocycles. The molecule has 1 aliphatic rings. The fraction of sp³-hybridized carbons (Fsp3) is 0.818. The van der Waals surface area contributed by atoms with E-state index < -0.39 is 12.0 Å². The number of likely N-dealkylation sites (tertiary alicyclic amines) is 1. The number of nitrogens with zero attached hydrogens (tertiary/aromatic N) is 2. The van der Waals surface area contributed by atoms with Crippen LogP contribution in [0.3, 0.4) is 0 Å². The lowest BCUT2D eigenvalue weighted by Crippen LogP contribution is -2.51. The van der Waals surface area contributed by atoms with Gasteiger partial charge in [0.05, 0.1) is 6.61 Å². The number of rotatable bonds is 4. The number of aliphatic carboxylic acids is 1. The van der Waals surface area contributed by atoms with Gasteiger partial charge in [0.1, 0.15) is 6.04 Å². The highest BCUT2D eigenvalue weighted by atomic mass is 16.4. The quantitative estimate of drug-likeness (QED) is 0.748. The van der Waals surface area contributed by atoms with Crippen LogP contribution < -0.4 is 0 Å². The van der Waals surface area contributed by atoms with E-state index in [1.807, 2.05) is 13.8 Å². The summed E-state index contributed by atoms with van der Waals surface area (Å²) >= 11 is 0. The third-order valence-electron chi connectivity index (χ3n) is 2.99. The summed E-state index contributed by atoms with van der Waals surface area (Å²) in [6.45, 7) is 4.29. The average Bonchev–Trinajstić information content (AvgIpc) is 2.73. The molecule has 1 atom stereocenters. The summed E-state index contributed by atoms with van der Waals surface area (Å²) in [7, 11) is 0. The van der Waals surface area contributed by atoms with E-state index in [2.05, 4.69) is 0 Å². The fourth-order valence-electron chi connectivity index (χ4n) is 2.10. The number of carboxylic acids is 1. The van der Waals surface area contributed by atoms with Crippen molar-refractivity contribution in [2.24, 2.45) is 0 Å². The van der Waals surface area contributed by atoms with Gasteiger partial charge in [-0.3, -0.25) is 0 Å². The van der Waals surface area contributed by atoms with Gasteiger partial charge in [0.15, 0.2) is 0 Å². The normalized spacial score (nSPS) is 19.8. The summed E-state index contributed by atoms with van der Waals surface area (Å²) in [5.74, 6) is -0.955. The van der Waals surface area contributed by atoms with Crippen molar-refractivity contribution in [2.45, 2.75) is 38.8 Å². The molecule has 0 aromatic carbocycles. The molecule has 17 heavy (non-hydrogen) atoms. The molecule has 98 valence electrons. The van der Waals surface area contributed by atoms with Crippen LogP contribution in [0.4, 0.5) is 4.79 Å². The molecule has 6 nitrogen and oxygen atoms in total. The van der Waals surface area contributed by atoms with Crippen molar-refractivity contribution in [3.05, 3.63) is 0 Å². The summed E-state index contributed by atoms with van der Waals surface area (Å²) in [4.78, 5) is 26.1. The lowest BCUT2D eigenvalue weighted by atomic mass is 10.2. The third-order valence-corrected chi connectivity index (χ3v) is 2.99. The zero-order valence-electron chi connectivity index (χ0n) is 10.3. The summed E-state index contributed by atoms with van der Waals surface area (Å²) in [6.07, 6.45) is 1.22. The molecule has 1 aliphatic heterocycles. The van der Waals surface area contributed by atoms with E-state index >= 15 is 0 Å². The Bertz CT molecular complexity index is 293. The minimum absolute atomic E-state index is 0.0512. The number of aliphatic hydroxyl groups is 1. The maximum Gasteiger partial charge on any atom is 0.326 e. The van der Waals surface area contributed by atoms with Crippen LogP contribution in [0.15, 0.2) is 0 Å². The molecule has 0 spiro atoms. The first-order chi connectivity index (χ1) is 7.99. The van der Waals surface area contributed by atoms with Gasteiger partial charge in [0.25, 0.3) is 0 Å². The van der Waals surface area contributed by atoms with Crippen LogP contribution in [0.1, 0.15) is 26.7 Å². The molecule has 1 rings (SSSR count).